The smallest absolute Gasteiger partial charge is 0.357 e. The normalized spacial score (nSPS) is 9.86. The predicted octanol–water partition coefficient (Wildman–Crippen LogP) is 1.08. The highest BCUT2D eigenvalue weighted by molar-refractivity contribution is 5.96. The van der Waals surface area contributed by atoms with Crippen LogP contribution in [-0.4, -0.2) is 30.6 Å². The summed E-state index contributed by atoms with van der Waals surface area (Å²) in [5.74, 6) is -0.862. The first-order valence-electron chi connectivity index (χ1n) is 6.35. The molecule has 2 aromatic rings. The number of hydrogen-bond donors (Lipinski definition) is 2. The van der Waals surface area contributed by atoms with Gasteiger partial charge in [0.2, 0.25) is 0 Å². The van der Waals surface area contributed by atoms with Crippen LogP contribution in [0, 0.1) is 11.3 Å². The van der Waals surface area contributed by atoms with Crippen molar-refractivity contribution in [2.75, 3.05) is 19.9 Å². The van der Waals surface area contributed by atoms with Crippen LogP contribution in [0.4, 0.5) is 5.69 Å². The van der Waals surface area contributed by atoms with Gasteiger partial charge in [0.1, 0.15) is 6.07 Å². The molecule has 0 saturated carbocycles. The lowest BCUT2D eigenvalue weighted by Crippen LogP contribution is -2.17. The van der Waals surface area contributed by atoms with Crippen LogP contribution >= 0.6 is 0 Å². The zero-order valence-corrected chi connectivity index (χ0v) is 12.1. The van der Waals surface area contributed by atoms with Crippen molar-refractivity contribution in [2.24, 2.45) is 0 Å². The largest absolute Gasteiger partial charge is 0.464 e. The van der Waals surface area contributed by atoms with Crippen LogP contribution in [-0.2, 0) is 4.74 Å². The van der Waals surface area contributed by atoms with Crippen molar-refractivity contribution >= 4 is 17.6 Å². The van der Waals surface area contributed by atoms with E-state index in [0.717, 1.165) is 0 Å². The summed E-state index contributed by atoms with van der Waals surface area (Å²) in [6.45, 7) is 0. The number of carbonyl (C=O) groups excluding carboxylic acids is 2. The molecule has 0 aliphatic rings. The van der Waals surface area contributed by atoms with E-state index in [2.05, 4.69) is 5.32 Å². The zero-order valence-electron chi connectivity index (χ0n) is 12.1. The van der Waals surface area contributed by atoms with Gasteiger partial charge < -0.3 is 20.4 Å². The molecule has 112 valence electrons. The Bertz CT molecular complexity index is 769. The molecule has 1 aromatic carbocycles. The molecule has 7 heteroatoms. The number of rotatable bonds is 3. The second kappa shape index (κ2) is 6.01. The van der Waals surface area contributed by atoms with Gasteiger partial charge in [-0.2, -0.15) is 5.26 Å². The first-order valence-corrected chi connectivity index (χ1v) is 6.35. The molecule has 0 radical (unpaired) electrons. The molecule has 0 bridgehead atoms. The quantitative estimate of drug-likeness (QED) is 0.824. The summed E-state index contributed by atoms with van der Waals surface area (Å²) in [6.07, 6.45) is 1.45. The molecule has 3 N–H and O–H groups in total. The number of nitrogens with two attached hydrogens (primary N) is 1. The van der Waals surface area contributed by atoms with Crippen LogP contribution in [0.5, 0.6) is 0 Å². The van der Waals surface area contributed by atoms with Gasteiger partial charge in [-0.25, -0.2) is 4.79 Å². The third-order valence-corrected chi connectivity index (χ3v) is 3.18. The van der Waals surface area contributed by atoms with E-state index in [1.165, 1.54) is 24.9 Å². The summed E-state index contributed by atoms with van der Waals surface area (Å²) >= 11 is 0. The fourth-order valence-electron chi connectivity index (χ4n) is 2.04. The van der Waals surface area contributed by atoms with Crippen LogP contribution in [0.15, 0.2) is 30.5 Å². The van der Waals surface area contributed by atoms with E-state index in [-0.39, 0.29) is 22.9 Å². The molecule has 0 fully saturated rings. The molecular formula is C15H14N4O3. The van der Waals surface area contributed by atoms with Gasteiger partial charge in [0.05, 0.1) is 18.4 Å². The fraction of sp³-hybridized carbons (Fsp3) is 0.133. The van der Waals surface area contributed by atoms with Gasteiger partial charge in [0.25, 0.3) is 5.91 Å². The fourth-order valence-corrected chi connectivity index (χ4v) is 2.04. The summed E-state index contributed by atoms with van der Waals surface area (Å²) in [7, 11) is 2.78. The van der Waals surface area contributed by atoms with Crippen LogP contribution < -0.4 is 11.1 Å². The lowest BCUT2D eigenvalue weighted by atomic mass is 10.2. The van der Waals surface area contributed by atoms with E-state index in [9.17, 15) is 9.59 Å². The number of esters is 1. The summed E-state index contributed by atoms with van der Waals surface area (Å²) in [5, 5.41) is 11.6. The Hall–Kier alpha value is -3.27. The Labute approximate surface area is 126 Å². The molecule has 0 spiro atoms. The highest BCUT2D eigenvalue weighted by atomic mass is 16.5. The maximum Gasteiger partial charge on any atom is 0.357 e. The van der Waals surface area contributed by atoms with Crippen molar-refractivity contribution in [2.45, 2.75) is 0 Å². The summed E-state index contributed by atoms with van der Waals surface area (Å²) in [6, 6.07) is 8.44. The number of hydrogen-bond acceptors (Lipinski definition) is 5. The summed E-state index contributed by atoms with van der Waals surface area (Å²) in [5.41, 5.74) is 7.19. The number of nitriles is 1. The highest BCUT2D eigenvalue weighted by Gasteiger charge is 2.21. The number of anilines is 1. The third-order valence-electron chi connectivity index (χ3n) is 3.18. The topological polar surface area (TPSA) is 110 Å². The molecule has 1 heterocycles. The number of benzene rings is 1. The Morgan fingerprint density at radius 1 is 1.32 bits per heavy atom. The monoisotopic (exact) mass is 298 g/mol. The number of carbonyl (C=O) groups is 2. The number of ether oxygens (including phenoxy) is 1. The van der Waals surface area contributed by atoms with Gasteiger partial charge in [-0.1, -0.05) is 0 Å². The van der Waals surface area contributed by atoms with E-state index in [1.807, 2.05) is 6.07 Å². The standard InChI is InChI=1S/C15H14N4O3/c1-18-14(20)9-3-5-11(6-4-9)19-8-10(7-16)12(17)13(19)15(21)22-2/h3-6,8H,17H2,1-2H3,(H,18,20). The molecule has 0 atom stereocenters. The highest BCUT2D eigenvalue weighted by Crippen LogP contribution is 2.24. The number of methoxy groups -OCH3 is 1. The number of aromatic nitrogens is 1. The van der Waals surface area contributed by atoms with Crippen molar-refractivity contribution < 1.29 is 14.3 Å². The number of nitrogen functional groups attached to an aromatic ring is 1. The van der Waals surface area contributed by atoms with E-state index >= 15 is 0 Å². The van der Waals surface area contributed by atoms with Crippen molar-refractivity contribution in [1.82, 2.24) is 9.88 Å². The lowest BCUT2D eigenvalue weighted by molar-refractivity contribution is 0.0593. The number of nitrogens with one attached hydrogen (secondary N) is 1. The second-order valence-corrected chi connectivity index (χ2v) is 4.40. The molecule has 1 amide bonds. The Morgan fingerprint density at radius 2 is 1.95 bits per heavy atom. The minimum absolute atomic E-state index is 0.0599. The molecule has 7 nitrogen and oxygen atoms in total. The average molecular weight is 298 g/mol. The van der Waals surface area contributed by atoms with Crippen molar-refractivity contribution in [3.05, 3.63) is 47.3 Å². The van der Waals surface area contributed by atoms with Crippen molar-refractivity contribution in [1.29, 1.82) is 5.26 Å². The van der Waals surface area contributed by atoms with E-state index in [0.29, 0.717) is 11.3 Å². The van der Waals surface area contributed by atoms with Gasteiger partial charge in [-0.3, -0.25) is 4.79 Å². The molecule has 0 unspecified atom stereocenters. The number of nitrogens with zero attached hydrogens (tertiary/aromatic N) is 2. The van der Waals surface area contributed by atoms with E-state index < -0.39 is 5.97 Å². The molecule has 0 aliphatic carbocycles. The van der Waals surface area contributed by atoms with Crippen LogP contribution in [0.2, 0.25) is 0 Å². The minimum atomic E-state index is -0.644. The zero-order chi connectivity index (χ0) is 16.3. The first kappa shape index (κ1) is 15.1. The minimum Gasteiger partial charge on any atom is -0.464 e. The molecule has 0 saturated heterocycles. The van der Waals surface area contributed by atoms with Crippen molar-refractivity contribution in [3.63, 3.8) is 0 Å². The maximum atomic E-state index is 11.9. The predicted molar refractivity (Wildman–Crippen MR) is 79.6 cm³/mol. The Balaban J connectivity index is 2.55. The average Bonchev–Trinajstić information content (AvgIpc) is 2.90. The van der Waals surface area contributed by atoms with Crippen molar-refractivity contribution in [3.8, 4) is 11.8 Å². The Morgan fingerprint density at radius 3 is 2.45 bits per heavy atom. The molecular weight excluding hydrogens is 284 g/mol. The van der Waals surface area contributed by atoms with Crippen LogP contribution in [0.25, 0.3) is 5.69 Å². The molecule has 22 heavy (non-hydrogen) atoms. The van der Waals surface area contributed by atoms with Gasteiger partial charge >= 0.3 is 5.97 Å². The van der Waals surface area contributed by atoms with E-state index in [1.54, 1.807) is 24.3 Å². The van der Waals surface area contributed by atoms with Gasteiger partial charge in [0.15, 0.2) is 5.69 Å². The van der Waals surface area contributed by atoms with Gasteiger partial charge in [0, 0.05) is 24.5 Å². The van der Waals surface area contributed by atoms with E-state index in [4.69, 9.17) is 15.7 Å². The third kappa shape index (κ3) is 2.50. The van der Waals surface area contributed by atoms with Gasteiger partial charge in [-0.05, 0) is 24.3 Å². The lowest BCUT2D eigenvalue weighted by Gasteiger charge is -2.09. The summed E-state index contributed by atoms with van der Waals surface area (Å²) < 4.78 is 6.17. The first-order chi connectivity index (χ1) is 10.5. The van der Waals surface area contributed by atoms with Crippen LogP contribution in [0.1, 0.15) is 26.4 Å². The summed E-state index contributed by atoms with van der Waals surface area (Å²) in [4.78, 5) is 23.4. The molecule has 1 aromatic heterocycles. The SMILES string of the molecule is CNC(=O)c1ccc(-n2cc(C#N)c(N)c2C(=O)OC)cc1. The molecule has 2 rings (SSSR count). The Kier molecular flexibility index (Phi) is 4.13. The maximum absolute atomic E-state index is 11.9. The molecule has 0 aliphatic heterocycles. The second-order valence-electron chi connectivity index (χ2n) is 4.40. The van der Waals surface area contributed by atoms with Gasteiger partial charge in [-0.15, -0.1) is 0 Å². The number of amides is 1. The van der Waals surface area contributed by atoms with Crippen LogP contribution in [0.3, 0.4) is 0 Å².